The lowest BCUT2D eigenvalue weighted by molar-refractivity contribution is -0.0964. The molecular formula is C25H22ClF2N5O4. The van der Waals surface area contributed by atoms with Crippen LogP contribution >= 0.6 is 11.6 Å². The number of halogens is 3. The minimum atomic E-state index is -3.83. The van der Waals surface area contributed by atoms with E-state index in [-0.39, 0.29) is 23.3 Å². The predicted molar refractivity (Wildman–Crippen MR) is 132 cm³/mol. The maximum absolute atomic E-state index is 13.0. The number of hydrogen-bond acceptors (Lipinski definition) is 7. The van der Waals surface area contributed by atoms with Gasteiger partial charge in [-0.25, -0.2) is 4.98 Å². The van der Waals surface area contributed by atoms with Gasteiger partial charge in [0, 0.05) is 68.1 Å². The lowest BCUT2D eigenvalue weighted by Gasteiger charge is -2.40. The number of methoxy groups -OCH3 is 1. The predicted octanol–water partition coefficient (Wildman–Crippen LogP) is 3.98. The summed E-state index contributed by atoms with van der Waals surface area (Å²) in [4.78, 5) is 38.2. The van der Waals surface area contributed by atoms with Crippen LogP contribution in [0.4, 0.5) is 20.3 Å². The Morgan fingerprint density at radius 3 is 2.54 bits per heavy atom. The van der Waals surface area contributed by atoms with Crippen LogP contribution in [-0.4, -0.2) is 65.6 Å². The van der Waals surface area contributed by atoms with Crippen molar-refractivity contribution in [3.63, 3.8) is 0 Å². The van der Waals surface area contributed by atoms with Crippen LogP contribution in [0.15, 0.2) is 48.8 Å². The molecule has 0 bridgehead atoms. The molecule has 1 aromatic carbocycles. The Kier molecular flexibility index (Phi) is 6.42. The largest absolute Gasteiger partial charge is 0.487 e. The average molecular weight is 530 g/mol. The zero-order valence-corrected chi connectivity index (χ0v) is 20.6. The highest BCUT2D eigenvalue weighted by Crippen LogP contribution is 2.35. The molecule has 2 aromatic heterocycles. The number of carbonyl (C=O) groups is 2. The second kappa shape index (κ2) is 9.56. The van der Waals surface area contributed by atoms with Gasteiger partial charge in [-0.2, -0.15) is 0 Å². The molecule has 0 radical (unpaired) electrons. The van der Waals surface area contributed by atoms with Gasteiger partial charge in [0.05, 0.1) is 29.5 Å². The van der Waals surface area contributed by atoms with Crippen LogP contribution in [0.5, 0.6) is 5.75 Å². The van der Waals surface area contributed by atoms with Crippen LogP contribution in [0, 0.1) is 0 Å². The molecule has 0 unspecified atom stereocenters. The molecule has 1 N–H and O–H groups in total. The van der Waals surface area contributed by atoms with Crippen molar-refractivity contribution in [1.29, 1.82) is 0 Å². The van der Waals surface area contributed by atoms with Gasteiger partial charge >= 0.3 is 5.57 Å². The molecule has 0 saturated carbocycles. The van der Waals surface area contributed by atoms with E-state index >= 15 is 0 Å². The summed E-state index contributed by atoms with van der Waals surface area (Å²) < 4.78 is 35.3. The van der Waals surface area contributed by atoms with Crippen molar-refractivity contribution >= 4 is 34.9 Å². The van der Waals surface area contributed by atoms with Gasteiger partial charge in [-0.05, 0) is 36.4 Å². The van der Waals surface area contributed by atoms with E-state index in [4.69, 9.17) is 16.3 Å². The first-order valence-electron chi connectivity index (χ1n) is 11.3. The van der Waals surface area contributed by atoms with E-state index in [9.17, 15) is 18.4 Å². The van der Waals surface area contributed by atoms with Crippen LogP contribution in [0.25, 0.3) is 11.1 Å². The number of nitrogens with zero attached hydrogens (tertiary/aromatic N) is 4. The number of alkyl halides is 3. The molecule has 1 fully saturated rings. The number of amides is 2. The number of benzene rings is 1. The van der Waals surface area contributed by atoms with E-state index in [1.807, 2.05) is 4.90 Å². The van der Waals surface area contributed by atoms with Gasteiger partial charge in [0.25, 0.3) is 11.8 Å². The summed E-state index contributed by atoms with van der Waals surface area (Å²) >= 11 is 4.78. The van der Waals surface area contributed by atoms with Crippen LogP contribution in [-0.2, 0) is 11.3 Å². The molecule has 0 atom stereocenters. The van der Waals surface area contributed by atoms with Gasteiger partial charge in [-0.15, -0.1) is 8.78 Å². The third-order valence-electron chi connectivity index (χ3n) is 6.20. The number of nitrogens with one attached hydrogen (secondary N) is 1. The van der Waals surface area contributed by atoms with Gasteiger partial charge in [0.15, 0.2) is 0 Å². The SMILES string of the molecule is COC1CN(c2ncc(C(=O)Nc3ccc(OC(F)(F)Cl)cc3)cc2-c2cnc3c(c2)C(=O)N(C)C3)C1. The molecule has 4 heterocycles. The molecule has 3 aromatic rings. The maximum Gasteiger partial charge on any atom is 0.487 e. The second-order valence-electron chi connectivity index (χ2n) is 8.76. The highest BCUT2D eigenvalue weighted by molar-refractivity contribution is 6.20. The molecule has 2 aliphatic rings. The Hall–Kier alpha value is -3.83. The summed E-state index contributed by atoms with van der Waals surface area (Å²) in [6, 6.07) is 8.81. The third kappa shape index (κ3) is 5.18. The van der Waals surface area contributed by atoms with E-state index in [1.54, 1.807) is 37.4 Å². The maximum atomic E-state index is 13.0. The molecule has 37 heavy (non-hydrogen) atoms. The van der Waals surface area contributed by atoms with Crippen LogP contribution < -0.4 is 15.0 Å². The van der Waals surface area contributed by atoms with Crippen molar-refractivity contribution in [2.24, 2.45) is 0 Å². The van der Waals surface area contributed by atoms with Gasteiger partial charge in [0.1, 0.15) is 11.6 Å². The Labute approximate surface area is 216 Å². The Morgan fingerprint density at radius 1 is 1.14 bits per heavy atom. The number of ether oxygens (including phenoxy) is 2. The number of rotatable bonds is 7. The first-order valence-corrected chi connectivity index (χ1v) is 11.7. The summed E-state index contributed by atoms with van der Waals surface area (Å²) in [5.74, 6) is -0.0797. The highest BCUT2D eigenvalue weighted by atomic mass is 35.5. The monoisotopic (exact) mass is 529 g/mol. The lowest BCUT2D eigenvalue weighted by atomic mass is 10.0. The summed E-state index contributed by atoms with van der Waals surface area (Å²) in [5, 5.41) is 2.71. The van der Waals surface area contributed by atoms with E-state index in [2.05, 4.69) is 20.0 Å². The average Bonchev–Trinajstić information content (AvgIpc) is 3.11. The Morgan fingerprint density at radius 2 is 1.86 bits per heavy atom. The molecule has 2 amide bonds. The molecule has 9 nitrogen and oxygen atoms in total. The zero-order valence-electron chi connectivity index (χ0n) is 19.9. The minimum Gasteiger partial charge on any atom is -0.420 e. The van der Waals surface area contributed by atoms with Crippen molar-refractivity contribution in [2.45, 2.75) is 18.2 Å². The Balaban J connectivity index is 1.43. The first-order chi connectivity index (χ1) is 17.6. The highest BCUT2D eigenvalue weighted by Gasteiger charge is 2.32. The van der Waals surface area contributed by atoms with E-state index in [0.717, 1.165) is 0 Å². The zero-order chi connectivity index (χ0) is 26.3. The van der Waals surface area contributed by atoms with Gasteiger partial charge in [-0.3, -0.25) is 14.6 Å². The molecule has 0 spiro atoms. The molecule has 2 aliphatic heterocycles. The summed E-state index contributed by atoms with van der Waals surface area (Å²) in [6.07, 6.45) is 3.21. The quantitative estimate of drug-likeness (QED) is 0.462. The van der Waals surface area contributed by atoms with Crippen molar-refractivity contribution in [1.82, 2.24) is 14.9 Å². The van der Waals surface area contributed by atoms with Crippen LogP contribution in [0.2, 0.25) is 0 Å². The van der Waals surface area contributed by atoms with Crippen molar-refractivity contribution in [2.75, 3.05) is 37.5 Å². The van der Waals surface area contributed by atoms with Gasteiger partial charge in [-0.1, -0.05) is 0 Å². The van der Waals surface area contributed by atoms with Gasteiger partial charge in [0.2, 0.25) is 0 Å². The molecular weight excluding hydrogens is 508 g/mol. The summed E-state index contributed by atoms with van der Waals surface area (Å²) in [7, 11) is 3.36. The Bertz CT molecular complexity index is 1360. The molecule has 12 heteroatoms. The van der Waals surface area contributed by atoms with E-state index < -0.39 is 11.5 Å². The first kappa shape index (κ1) is 24.8. The minimum absolute atomic E-state index is 0.0803. The number of fused-ring (bicyclic) bond motifs is 1. The van der Waals surface area contributed by atoms with Gasteiger partial charge < -0.3 is 24.6 Å². The third-order valence-corrected chi connectivity index (χ3v) is 6.28. The number of pyridine rings is 2. The fourth-order valence-corrected chi connectivity index (χ4v) is 4.29. The van der Waals surface area contributed by atoms with Crippen LogP contribution in [0.1, 0.15) is 26.4 Å². The molecule has 0 aliphatic carbocycles. The number of anilines is 2. The fourth-order valence-electron chi connectivity index (χ4n) is 4.20. The second-order valence-corrected chi connectivity index (χ2v) is 9.20. The van der Waals surface area contributed by atoms with Crippen molar-refractivity contribution in [3.8, 4) is 16.9 Å². The van der Waals surface area contributed by atoms with E-state index in [0.29, 0.717) is 53.5 Å². The van der Waals surface area contributed by atoms with Crippen molar-refractivity contribution < 1.29 is 27.8 Å². The smallest absolute Gasteiger partial charge is 0.420 e. The topological polar surface area (TPSA) is 96.9 Å². The number of carbonyl (C=O) groups excluding carboxylic acids is 2. The number of hydrogen-bond donors (Lipinski definition) is 1. The standard InChI is InChI=1S/C25H22ClF2N5O4/c1-32-13-21-20(24(32)35)7-14(9-29-21)19-8-15(10-30-22(19)33-11-18(12-33)36-2)23(34)31-16-3-5-17(6-4-16)37-25(26,27)28/h3-10,18H,11-13H2,1-2H3,(H,31,34). The van der Waals surface area contributed by atoms with Crippen molar-refractivity contribution in [3.05, 3.63) is 65.6 Å². The molecule has 5 rings (SSSR count). The normalized spacial score (nSPS) is 15.4. The summed E-state index contributed by atoms with van der Waals surface area (Å²) in [6.45, 7) is 1.71. The lowest BCUT2D eigenvalue weighted by Crippen LogP contribution is -2.52. The molecule has 192 valence electrons. The molecule has 1 saturated heterocycles. The number of aromatic nitrogens is 2. The van der Waals surface area contributed by atoms with E-state index in [1.165, 1.54) is 30.5 Å². The van der Waals surface area contributed by atoms with Crippen LogP contribution in [0.3, 0.4) is 0 Å². The fraction of sp³-hybridized carbons (Fsp3) is 0.280. The summed E-state index contributed by atoms with van der Waals surface area (Å²) in [5.41, 5.74) is -0.692.